The lowest BCUT2D eigenvalue weighted by Gasteiger charge is -2.27. The van der Waals surface area contributed by atoms with E-state index in [9.17, 15) is 4.79 Å². The van der Waals surface area contributed by atoms with Gasteiger partial charge in [0.05, 0.1) is 30.2 Å². The smallest absolute Gasteiger partial charge is 0.257 e. The third-order valence-electron chi connectivity index (χ3n) is 3.42. The van der Waals surface area contributed by atoms with Crippen LogP contribution in [0.3, 0.4) is 0 Å². The second kappa shape index (κ2) is 5.52. The third kappa shape index (κ3) is 2.27. The maximum absolute atomic E-state index is 12.6. The van der Waals surface area contributed by atoms with Gasteiger partial charge in [0.25, 0.3) is 5.91 Å². The molecule has 1 aliphatic rings. The second-order valence-corrected chi connectivity index (χ2v) is 4.50. The van der Waals surface area contributed by atoms with Crippen molar-refractivity contribution in [2.75, 3.05) is 26.3 Å². The molecule has 1 aromatic rings. The molecule has 0 saturated carbocycles. The number of hydrogen-bond acceptors (Lipinski definition) is 3. The van der Waals surface area contributed by atoms with E-state index in [4.69, 9.17) is 4.74 Å². The summed E-state index contributed by atoms with van der Waals surface area (Å²) < 4.78 is 7.13. The summed E-state index contributed by atoms with van der Waals surface area (Å²) in [5.74, 6) is 0.111. The fourth-order valence-corrected chi connectivity index (χ4v) is 2.44. The maximum atomic E-state index is 12.6. The predicted octanol–water partition coefficient (Wildman–Crippen LogP) is 1.02. The molecule has 1 aliphatic heterocycles. The van der Waals surface area contributed by atoms with Crippen molar-refractivity contribution < 1.29 is 9.53 Å². The van der Waals surface area contributed by atoms with Crippen LogP contribution in [0, 0.1) is 0 Å². The zero-order valence-corrected chi connectivity index (χ0v) is 11.4. The van der Waals surface area contributed by atoms with Crippen LogP contribution in [0.2, 0.25) is 0 Å². The van der Waals surface area contributed by atoms with Crippen molar-refractivity contribution in [3.63, 3.8) is 0 Å². The molecule has 0 bridgehead atoms. The van der Waals surface area contributed by atoms with Gasteiger partial charge in [0.1, 0.15) is 0 Å². The summed E-state index contributed by atoms with van der Waals surface area (Å²) >= 11 is 0. The molecule has 0 aliphatic carbocycles. The number of aryl methyl sites for hydroxylation is 2. The summed E-state index contributed by atoms with van der Waals surface area (Å²) in [6, 6.07) is 0. The van der Waals surface area contributed by atoms with Crippen LogP contribution in [0.25, 0.3) is 0 Å². The quantitative estimate of drug-likeness (QED) is 0.805. The Morgan fingerprint density at radius 1 is 1.28 bits per heavy atom. The highest BCUT2D eigenvalue weighted by Gasteiger charge is 2.26. The first-order valence-electron chi connectivity index (χ1n) is 6.60. The molecule has 0 unspecified atom stereocenters. The van der Waals surface area contributed by atoms with E-state index in [1.165, 1.54) is 0 Å². The molecule has 0 radical (unpaired) electrons. The molecule has 5 heteroatoms. The number of carbonyl (C=O) groups is 1. The van der Waals surface area contributed by atoms with Crippen LogP contribution in [0.15, 0.2) is 0 Å². The standard InChI is InChI=1S/C13H21N3O2/c1-4-10-12(11(5-2)15(3)14-10)13(17)16-6-8-18-9-7-16/h4-9H2,1-3H3. The number of hydrogen-bond donors (Lipinski definition) is 0. The van der Waals surface area contributed by atoms with Crippen LogP contribution in [0.1, 0.15) is 35.6 Å². The van der Waals surface area contributed by atoms with Gasteiger partial charge >= 0.3 is 0 Å². The van der Waals surface area contributed by atoms with Gasteiger partial charge in [-0.15, -0.1) is 0 Å². The minimum Gasteiger partial charge on any atom is -0.378 e. The Balaban J connectivity index is 2.33. The summed E-state index contributed by atoms with van der Waals surface area (Å²) in [4.78, 5) is 14.5. The minimum absolute atomic E-state index is 0.111. The van der Waals surface area contributed by atoms with Gasteiger partial charge in [-0.05, 0) is 12.8 Å². The first-order valence-corrected chi connectivity index (χ1v) is 6.60. The Labute approximate surface area is 108 Å². The second-order valence-electron chi connectivity index (χ2n) is 4.50. The number of rotatable bonds is 3. The van der Waals surface area contributed by atoms with Gasteiger partial charge in [0.2, 0.25) is 0 Å². The molecule has 2 rings (SSSR count). The lowest BCUT2D eigenvalue weighted by molar-refractivity contribution is 0.0301. The molecule has 1 fully saturated rings. The largest absolute Gasteiger partial charge is 0.378 e. The summed E-state index contributed by atoms with van der Waals surface area (Å²) in [7, 11) is 1.91. The Kier molecular flexibility index (Phi) is 4.01. The first kappa shape index (κ1) is 13.1. The van der Waals surface area contributed by atoms with Gasteiger partial charge in [-0.1, -0.05) is 13.8 Å². The van der Waals surface area contributed by atoms with Gasteiger partial charge in [-0.25, -0.2) is 0 Å². The number of morpholine rings is 1. The van der Waals surface area contributed by atoms with E-state index in [0.29, 0.717) is 26.3 Å². The average molecular weight is 251 g/mol. The van der Waals surface area contributed by atoms with Crippen molar-refractivity contribution in [2.45, 2.75) is 26.7 Å². The molecule has 18 heavy (non-hydrogen) atoms. The SMILES string of the molecule is CCc1nn(C)c(CC)c1C(=O)N1CCOCC1. The topological polar surface area (TPSA) is 47.4 Å². The summed E-state index contributed by atoms with van der Waals surface area (Å²) in [6.45, 7) is 6.73. The Hall–Kier alpha value is -1.36. The van der Waals surface area contributed by atoms with Gasteiger partial charge in [0, 0.05) is 20.1 Å². The summed E-state index contributed by atoms with van der Waals surface area (Å²) in [5, 5.41) is 4.45. The number of ether oxygens (including phenoxy) is 1. The lowest BCUT2D eigenvalue weighted by atomic mass is 10.1. The first-order chi connectivity index (χ1) is 8.69. The fraction of sp³-hybridized carbons (Fsp3) is 0.692. The molecule has 100 valence electrons. The molecule has 0 spiro atoms. The van der Waals surface area contributed by atoms with Crippen LogP contribution in [0.5, 0.6) is 0 Å². The van der Waals surface area contributed by atoms with E-state index in [2.05, 4.69) is 12.0 Å². The van der Waals surface area contributed by atoms with Crippen molar-refractivity contribution in [3.8, 4) is 0 Å². The van der Waals surface area contributed by atoms with Crippen LogP contribution in [0.4, 0.5) is 0 Å². The molecular weight excluding hydrogens is 230 g/mol. The highest BCUT2D eigenvalue weighted by Crippen LogP contribution is 2.18. The van der Waals surface area contributed by atoms with Crippen molar-refractivity contribution in [3.05, 3.63) is 17.0 Å². The summed E-state index contributed by atoms with van der Waals surface area (Å²) in [5.41, 5.74) is 2.75. The van der Waals surface area contributed by atoms with Gasteiger partial charge in [-0.2, -0.15) is 5.10 Å². The molecule has 5 nitrogen and oxygen atoms in total. The van der Waals surface area contributed by atoms with E-state index in [1.807, 2.05) is 23.6 Å². The van der Waals surface area contributed by atoms with Crippen molar-refractivity contribution >= 4 is 5.91 Å². The zero-order chi connectivity index (χ0) is 13.1. The molecule has 2 heterocycles. The van der Waals surface area contributed by atoms with Crippen LogP contribution >= 0.6 is 0 Å². The molecule has 1 saturated heterocycles. The van der Waals surface area contributed by atoms with E-state index in [-0.39, 0.29) is 5.91 Å². The molecule has 1 aromatic heterocycles. The normalized spacial score (nSPS) is 16.1. The van der Waals surface area contributed by atoms with Crippen molar-refractivity contribution in [2.24, 2.45) is 7.05 Å². The van der Waals surface area contributed by atoms with Gasteiger partial charge in [-0.3, -0.25) is 9.48 Å². The lowest BCUT2D eigenvalue weighted by Crippen LogP contribution is -2.41. The summed E-state index contributed by atoms with van der Waals surface area (Å²) in [6.07, 6.45) is 1.62. The number of aromatic nitrogens is 2. The third-order valence-corrected chi connectivity index (χ3v) is 3.42. The zero-order valence-electron chi connectivity index (χ0n) is 11.4. The molecule has 0 aromatic carbocycles. The van der Waals surface area contributed by atoms with Crippen molar-refractivity contribution in [1.29, 1.82) is 0 Å². The average Bonchev–Trinajstić information content (AvgIpc) is 2.74. The van der Waals surface area contributed by atoms with E-state index in [1.54, 1.807) is 0 Å². The molecule has 0 atom stereocenters. The highest BCUT2D eigenvalue weighted by molar-refractivity contribution is 5.96. The number of amides is 1. The van der Waals surface area contributed by atoms with Crippen LogP contribution in [-0.4, -0.2) is 46.9 Å². The van der Waals surface area contributed by atoms with Crippen LogP contribution < -0.4 is 0 Å². The van der Waals surface area contributed by atoms with E-state index >= 15 is 0 Å². The Morgan fingerprint density at radius 3 is 2.50 bits per heavy atom. The van der Waals surface area contributed by atoms with E-state index < -0.39 is 0 Å². The maximum Gasteiger partial charge on any atom is 0.257 e. The molecule has 1 amide bonds. The Bertz CT molecular complexity index is 434. The monoisotopic (exact) mass is 251 g/mol. The minimum atomic E-state index is 0.111. The van der Waals surface area contributed by atoms with Crippen molar-refractivity contribution in [1.82, 2.24) is 14.7 Å². The fourth-order valence-electron chi connectivity index (χ4n) is 2.44. The van der Waals surface area contributed by atoms with Gasteiger partial charge in [0.15, 0.2) is 0 Å². The molecule has 0 N–H and O–H groups in total. The Morgan fingerprint density at radius 2 is 1.94 bits per heavy atom. The number of nitrogens with zero attached hydrogens (tertiary/aromatic N) is 3. The highest BCUT2D eigenvalue weighted by atomic mass is 16.5. The van der Waals surface area contributed by atoms with E-state index in [0.717, 1.165) is 29.8 Å². The van der Waals surface area contributed by atoms with Crippen LogP contribution in [-0.2, 0) is 24.6 Å². The predicted molar refractivity (Wildman–Crippen MR) is 68.7 cm³/mol. The van der Waals surface area contributed by atoms with Gasteiger partial charge < -0.3 is 9.64 Å². The number of carbonyl (C=O) groups excluding carboxylic acids is 1. The molecular formula is C13H21N3O2.